The van der Waals surface area contributed by atoms with Crippen molar-refractivity contribution in [1.82, 2.24) is 10.3 Å². The molecule has 3 atom stereocenters. The topological polar surface area (TPSA) is 89.7 Å². The van der Waals surface area contributed by atoms with Crippen molar-refractivity contribution in [3.05, 3.63) is 112 Å². The van der Waals surface area contributed by atoms with Gasteiger partial charge in [0.1, 0.15) is 18.5 Å². The minimum atomic E-state index is -5.17. The van der Waals surface area contributed by atoms with Gasteiger partial charge < -0.3 is 24.5 Å². The maximum absolute atomic E-state index is 13.3. The fourth-order valence-corrected chi connectivity index (χ4v) is 5.19. The maximum Gasteiger partial charge on any atom is 0.490 e. The SMILES string of the molecule is O=C(OC(CN[C@@H]1CCC[C@H]1OCc1ccccc1)c1ccc(OCc2ccccc2)c2[nH]c(=O)ccc12)C(F)(F)F. The number of H-pyrrole nitrogens is 1. The molecule has 1 fully saturated rings. The van der Waals surface area contributed by atoms with Crippen LogP contribution < -0.4 is 15.6 Å². The number of benzene rings is 3. The van der Waals surface area contributed by atoms with Gasteiger partial charge in [0.25, 0.3) is 0 Å². The van der Waals surface area contributed by atoms with Crippen molar-refractivity contribution in [1.29, 1.82) is 0 Å². The summed E-state index contributed by atoms with van der Waals surface area (Å²) < 4.78 is 57.0. The van der Waals surface area contributed by atoms with Crippen molar-refractivity contribution in [2.45, 2.75) is 56.9 Å². The molecule has 3 aromatic carbocycles. The zero-order chi connectivity index (χ0) is 29.5. The Kier molecular flexibility index (Phi) is 9.24. The minimum Gasteiger partial charge on any atom is -0.487 e. The van der Waals surface area contributed by atoms with Crippen LogP contribution in [0.3, 0.4) is 0 Å². The highest BCUT2D eigenvalue weighted by Gasteiger charge is 2.43. The number of aromatic nitrogens is 1. The molecule has 1 aliphatic carbocycles. The molecule has 0 spiro atoms. The summed E-state index contributed by atoms with van der Waals surface area (Å²) in [6.45, 7) is 0.543. The molecule has 1 aliphatic rings. The summed E-state index contributed by atoms with van der Waals surface area (Å²) in [4.78, 5) is 27.0. The van der Waals surface area contributed by atoms with E-state index in [9.17, 15) is 22.8 Å². The normalized spacial score (nSPS) is 17.7. The second kappa shape index (κ2) is 13.2. The molecule has 1 unspecified atom stereocenters. The molecule has 0 saturated heterocycles. The van der Waals surface area contributed by atoms with Gasteiger partial charge in [-0.2, -0.15) is 13.2 Å². The molecule has 1 heterocycles. The quantitative estimate of drug-likeness (QED) is 0.212. The number of hydrogen-bond acceptors (Lipinski definition) is 6. The van der Waals surface area contributed by atoms with Gasteiger partial charge in [-0.05, 0) is 42.5 Å². The number of halogens is 3. The number of ether oxygens (including phenoxy) is 3. The van der Waals surface area contributed by atoms with Crippen molar-refractivity contribution in [2.24, 2.45) is 0 Å². The van der Waals surface area contributed by atoms with Crippen molar-refractivity contribution in [3.8, 4) is 5.75 Å². The number of carbonyl (C=O) groups is 1. The van der Waals surface area contributed by atoms with Crippen LogP contribution in [-0.2, 0) is 27.5 Å². The van der Waals surface area contributed by atoms with Crippen LogP contribution in [0.15, 0.2) is 89.7 Å². The molecule has 0 aliphatic heterocycles. The molecular weight excluding hydrogens is 549 g/mol. The highest BCUT2D eigenvalue weighted by atomic mass is 19.4. The van der Waals surface area contributed by atoms with Crippen molar-refractivity contribution in [3.63, 3.8) is 0 Å². The van der Waals surface area contributed by atoms with E-state index in [2.05, 4.69) is 10.3 Å². The molecule has 0 radical (unpaired) electrons. The second-order valence-corrected chi connectivity index (χ2v) is 10.2. The van der Waals surface area contributed by atoms with Gasteiger partial charge in [-0.3, -0.25) is 4.79 Å². The molecule has 10 heteroatoms. The van der Waals surface area contributed by atoms with E-state index in [4.69, 9.17) is 14.2 Å². The average Bonchev–Trinajstić information content (AvgIpc) is 3.44. The zero-order valence-electron chi connectivity index (χ0n) is 22.7. The molecule has 2 N–H and O–H groups in total. The Morgan fingerprint density at radius 1 is 0.905 bits per heavy atom. The zero-order valence-corrected chi connectivity index (χ0v) is 22.7. The number of fused-ring (bicyclic) bond motifs is 1. The smallest absolute Gasteiger partial charge is 0.487 e. The van der Waals surface area contributed by atoms with Crippen LogP contribution in [0.5, 0.6) is 5.75 Å². The summed E-state index contributed by atoms with van der Waals surface area (Å²) in [5.74, 6) is -1.95. The predicted octanol–water partition coefficient (Wildman–Crippen LogP) is 5.98. The fraction of sp³-hybridized carbons (Fsp3) is 0.312. The first-order valence-electron chi connectivity index (χ1n) is 13.8. The summed E-state index contributed by atoms with van der Waals surface area (Å²) in [6, 6.07) is 24.9. The lowest BCUT2D eigenvalue weighted by Gasteiger charge is -2.26. The van der Waals surface area contributed by atoms with Gasteiger partial charge in [-0.25, -0.2) is 4.79 Å². The van der Waals surface area contributed by atoms with Crippen molar-refractivity contribution in [2.75, 3.05) is 6.54 Å². The van der Waals surface area contributed by atoms with E-state index in [0.29, 0.717) is 28.8 Å². The lowest BCUT2D eigenvalue weighted by molar-refractivity contribution is -0.205. The predicted molar refractivity (Wildman–Crippen MR) is 151 cm³/mol. The molecule has 4 aromatic rings. The molecule has 0 bridgehead atoms. The first kappa shape index (κ1) is 29.3. The van der Waals surface area contributed by atoms with E-state index in [-0.39, 0.29) is 25.3 Å². The molecule has 42 heavy (non-hydrogen) atoms. The highest BCUT2D eigenvalue weighted by molar-refractivity contribution is 5.88. The van der Waals surface area contributed by atoms with E-state index in [1.807, 2.05) is 60.7 Å². The number of pyridine rings is 1. The lowest BCUT2D eigenvalue weighted by atomic mass is 10.0. The van der Waals surface area contributed by atoms with Crippen LogP contribution in [-0.4, -0.2) is 35.8 Å². The lowest BCUT2D eigenvalue weighted by Crippen LogP contribution is -2.41. The Bertz CT molecular complexity index is 1540. The molecule has 1 aromatic heterocycles. The van der Waals surface area contributed by atoms with Gasteiger partial charge in [-0.1, -0.05) is 66.7 Å². The molecule has 7 nitrogen and oxygen atoms in total. The molecule has 1 saturated carbocycles. The monoisotopic (exact) mass is 580 g/mol. The standard InChI is InChI=1S/C32H31F3N2O5/c33-32(34,35)31(39)42-28(18-36-25-12-7-13-26(25)40-19-21-8-3-1-4-9-21)23-14-16-27(30-24(23)15-17-29(38)37-30)41-20-22-10-5-2-6-11-22/h1-6,8-11,14-17,25-26,28,36H,7,12-13,18-20H2,(H,37,38)/t25-,26-,28?/m1/s1. The number of hydrogen-bond donors (Lipinski definition) is 2. The van der Waals surface area contributed by atoms with E-state index in [1.54, 1.807) is 12.1 Å². The van der Waals surface area contributed by atoms with Crippen molar-refractivity contribution >= 4 is 16.9 Å². The third-order valence-corrected chi connectivity index (χ3v) is 7.28. The van der Waals surface area contributed by atoms with Crippen LogP contribution in [0.25, 0.3) is 10.9 Å². The summed E-state index contributed by atoms with van der Waals surface area (Å²) >= 11 is 0. The van der Waals surface area contributed by atoms with Crippen LogP contribution >= 0.6 is 0 Å². The third kappa shape index (κ3) is 7.37. The average molecular weight is 581 g/mol. The number of aromatic amines is 1. The van der Waals surface area contributed by atoms with Gasteiger partial charge in [0.15, 0.2) is 0 Å². The summed E-state index contributed by atoms with van der Waals surface area (Å²) in [5.41, 5.74) is 2.12. The third-order valence-electron chi connectivity index (χ3n) is 7.28. The van der Waals surface area contributed by atoms with Gasteiger partial charge in [-0.15, -0.1) is 0 Å². The first-order valence-corrected chi connectivity index (χ1v) is 13.8. The number of carbonyl (C=O) groups excluding carboxylic acids is 1. The van der Waals surface area contributed by atoms with E-state index in [0.717, 1.165) is 30.4 Å². The van der Waals surface area contributed by atoms with Crippen LogP contribution in [0.2, 0.25) is 0 Å². The molecule has 0 amide bonds. The Morgan fingerprint density at radius 3 is 2.29 bits per heavy atom. The summed E-state index contributed by atoms with van der Waals surface area (Å²) in [7, 11) is 0. The van der Waals surface area contributed by atoms with E-state index >= 15 is 0 Å². The van der Waals surface area contributed by atoms with E-state index in [1.165, 1.54) is 12.1 Å². The highest BCUT2D eigenvalue weighted by Crippen LogP contribution is 2.33. The van der Waals surface area contributed by atoms with E-state index < -0.39 is 23.8 Å². The maximum atomic E-state index is 13.3. The number of nitrogens with one attached hydrogen (secondary N) is 2. The summed E-state index contributed by atoms with van der Waals surface area (Å²) in [5, 5.41) is 3.70. The molecule has 220 valence electrons. The second-order valence-electron chi connectivity index (χ2n) is 10.2. The first-order chi connectivity index (χ1) is 20.3. The van der Waals surface area contributed by atoms with Crippen LogP contribution in [0.4, 0.5) is 13.2 Å². The van der Waals surface area contributed by atoms with Gasteiger partial charge in [0, 0.05) is 29.6 Å². The van der Waals surface area contributed by atoms with Crippen LogP contribution in [0.1, 0.15) is 42.1 Å². The number of alkyl halides is 3. The number of esters is 1. The number of rotatable bonds is 11. The Hall–Kier alpha value is -4.15. The van der Waals surface area contributed by atoms with Gasteiger partial charge >= 0.3 is 12.1 Å². The minimum absolute atomic E-state index is 0.0872. The molecule has 5 rings (SSSR count). The Morgan fingerprint density at radius 2 is 1.60 bits per heavy atom. The van der Waals surface area contributed by atoms with Crippen LogP contribution in [0, 0.1) is 0 Å². The Labute approximate surface area is 240 Å². The summed E-state index contributed by atoms with van der Waals surface area (Å²) in [6.07, 6.45) is -4.16. The largest absolute Gasteiger partial charge is 0.490 e. The van der Waals surface area contributed by atoms with Gasteiger partial charge in [0.2, 0.25) is 5.56 Å². The van der Waals surface area contributed by atoms with Crippen molar-refractivity contribution < 1.29 is 32.2 Å². The Balaban J connectivity index is 1.38. The fourth-order valence-electron chi connectivity index (χ4n) is 5.19. The molecular formula is C32H31F3N2O5. The van der Waals surface area contributed by atoms with Gasteiger partial charge in [0.05, 0.1) is 18.2 Å².